The zero-order valence-electron chi connectivity index (χ0n) is 19.3. The predicted octanol–water partition coefficient (Wildman–Crippen LogP) is 4.73. The number of aromatic hydroxyl groups is 1. The van der Waals surface area contributed by atoms with Gasteiger partial charge in [-0.1, -0.05) is 48.5 Å². The van der Waals surface area contributed by atoms with E-state index < -0.39 is 15.7 Å². The van der Waals surface area contributed by atoms with Crippen LogP contribution >= 0.6 is 0 Å². The van der Waals surface area contributed by atoms with Gasteiger partial charge in [-0.05, 0) is 59.2 Å². The predicted molar refractivity (Wildman–Crippen MR) is 136 cm³/mol. The largest absolute Gasteiger partial charge is 0.508 e. The molecule has 0 unspecified atom stereocenters. The van der Waals surface area contributed by atoms with Crippen molar-refractivity contribution in [1.82, 2.24) is 4.90 Å². The summed E-state index contributed by atoms with van der Waals surface area (Å²) in [5.41, 5.74) is 3.26. The molecule has 8 heteroatoms. The average Bonchev–Trinajstić information content (AvgIpc) is 2.96. The number of anilines is 1. The van der Waals surface area contributed by atoms with Crippen LogP contribution in [-0.4, -0.2) is 37.3 Å². The third-order valence-electron chi connectivity index (χ3n) is 6.11. The molecule has 36 heavy (non-hydrogen) atoms. The topological polar surface area (TPSA) is 104 Å². The van der Waals surface area contributed by atoms with Gasteiger partial charge >= 0.3 is 0 Å². The Kier molecular flexibility index (Phi) is 5.81. The number of hydrogen-bond donors (Lipinski definition) is 2. The number of rotatable bonds is 4. The first-order valence-corrected chi connectivity index (χ1v) is 12.7. The lowest BCUT2D eigenvalue weighted by atomic mass is 10.0. The van der Waals surface area contributed by atoms with E-state index in [1.54, 1.807) is 31.3 Å². The summed E-state index contributed by atoms with van der Waals surface area (Å²) in [5, 5.41) is 12.1. The maximum absolute atomic E-state index is 13.2. The molecule has 0 bridgehead atoms. The summed E-state index contributed by atoms with van der Waals surface area (Å²) in [5.74, 6) is -0.650. The Morgan fingerprint density at radius 2 is 1.50 bits per heavy atom. The summed E-state index contributed by atoms with van der Waals surface area (Å²) in [6.07, 6.45) is 0. The van der Waals surface area contributed by atoms with Crippen molar-refractivity contribution in [3.63, 3.8) is 0 Å². The first-order chi connectivity index (χ1) is 17.2. The average molecular weight is 499 g/mol. The molecule has 0 spiro atoms. The Morgan fingerprint density at radius 3 is 2.19 bits per heavy atom. The number of carbonyl (C=O) groups excluding carboxylic acids is 2. The standard InChI is InChI=1S/C28H22N2O5S/c1-30(17-18-6-8-19(9-7-18)20-10-13-22(31)14-11-20)28(33)21-12-15-26-24(16-21)29-27(32)23-4-2-3-5-25(23)36(26,34)35/h2-16,31H,17H2,1H3,(H,29,32). The fourth-order valence-corrected chi connectivity index (χ4v) is 5.81. The fourth-order valence-electron chi connectivity index (χ4n) is 4.21. The van der Waals surface area contributed by atoms with Crippen LogP contribution in [0.25, 0.3) is 11.1 Å². The maximum atomic E-state index is 13.2. The Hall–Kier alpha value is -4.43. The van der Waals surface area contributed by atoms with E-state index >= 15 is 0 Å². The number of benzene rings is 4. The van der Waals surface area contributed by atoms with E-state index in [2.05, 4.69) is 5.32 Å². The first-order valence-electron chi connectivity index (χ1n) is 11.2. The first kappa shape index (κ1) is 23.3. The minimum atomic E-state index is -3.93. The summed E-state index contributed by atoms with van der Waals surface area (Å²) in [6, 6.07) is 24.9. The molecule has 180 valence electrons. The van der Waals surface area contributed by atoms with Crippen molar-refractivity contribution in [3.8, 4) is 16.9 Å². The highest BCUT2D eigenvalue weighted by molar-refractivity contribution is 7.91. The van der Waals surface area contributed by atoms with Crippen LogP contribution in [0.15, 0.2) is 101 Å². The molecule has 4 aromatic rings. The molecule has 4 aromatic carbocycles. The minimum Gasteiger partial charge on any atom is -0.508 e. The number of phenolic OH excluding ortho intramolecular Hbond substituents is 1. The molecule has 0 aliphatic carbocycles. The number of fused-ring (bicyclic) bond motifs is 2. The third kappa shape index (κ3) is 4.23. The van der Waals surface area contributed by atoms with Crippen LogP contribution in [0, 0.1) is 0 Å². The van der Waals surface area contributed by atoms with Gasteiger partial charge in [0, 0.05) is 19.2 Å². The number of amides is 2. The van der Waals surface area contributed by atoms with E-state index in [1.807, 2.05) is 36.4 Å². The number of nitrogens with zero attached hydrogens (tertiary/aromatic N) is 1. The van der Waals surface area contributed by atoms with E-state index in [4.69, 9.17) is 0 Å². The number of phenols is 1. The maximum Gasteiger partial charge on any atom is 0.257 e. The van der Waals surface area contributed by atoms with Gasteiger partial charge in [-0.15, -0.1) is 0 Å². The Balaban J connectivity index is 1.37. The highest BCUT2D eigenvalue weighted by Gasteiger charge is 2.31. The molecule has 2 amide bonds. The van der Waals surface area contributed by atoms with Crippen molar-refractivity contribution in [3.05, 3.63) is 108 Å². The van der Waals surface area contributed by atoms with Crippen molar-refractivity contribution in [2.75, 3.05) is 12.4 Å². The lowest BCUT2D eigenvalue weighted by Gasteiger charge is -2.18. The van der Waals surface area contributed by atoms with Crippen LogP contribution < -0.4 is 5.32 Å². The Labute approximate surface area is 208 Å². The minimum absolute atomic E-state index is 0.0511. The molecule has 7 nitrogen and oxygen atoms in total. The van der Waals surface area contributed by atoms with Crippen molar-refractivity contribution in [2.24, 2.45) is 0 Å². The Bertz CT molecular complexity index is 1590. The molecule has 0 saturated heterocycles. The molecule has 0 aromatic heterocycles. The number of sulfone groups is 1. The monoisotopic (exact) mass is 498 g/mol. The van der Waals surface area contributed by atoms with E-state index in [0.717, 1.165) is 16.7 Å². The van der Waals surface area contributed by atoms with Gasteiger partial charge in [0.05, 0.1) is 21.0 Å². The highest BCUT2D eigenvalue weighted by Crippen LogP contribution is 2.34. The number of hydrogen-bond acceptors (Lipinski definition) is 5. The summed E-state index contributed by atoms with van der Waals surface area (Å²) >= 11 is 0. The zero-order valence-corrected chi connectivity index (χ0v) is 20.1. The summed E-state index contributed by atoms with van der Waals surface area (Å²) in [4.78, 5) is 27.2. The molecule has 0 fully saturated rings. The van der Waals surface area contributed by atoms with Crippen LogP contribution in [-0.2, 0) is 16.4 Å². The van der Waals surface area contributed by atoms with Crippen molar-refractivity contribution in [2.45, 2.75) is 16.3 Å². The second-order valence-corrected chi connectivity index (χ2v) is 10.5. The van der Waals surface area contributed by atoms with Crippen molar-refractivity contribution in [1.29, 1.82) is 0 Å². The number of nitrogens with one attached hydrogen (secondary N) is 1. The van der Waals surface area contributed by atoms with Crippen LogP contribution in [0.5, 0.6) is 5.75 Å². The van der Waals surface area contributed by atoms with Gasteiger partial charge in [0.1, 0.15) is 5.75 Å². The van der Waals surface area contributed by atoms with Crippen LogP contribution in [0.4, 0.5) is 5.69 Å². The molecule has 1 aliphatic rings. The quantitative estimate of drug-likeness (QED) is 0.423. The summed E-state index contributed by atoms with van der Waals surface area (Å²) in [7, 11) is -2.27. The second kappa shape index (κ2) is 8.98. The molecule has 1 heterocycles. The molecular formula is C28H22N2O5S. The second-order valence-electron chi connectivity index (χ2n) is 8.57. The van der Waals surface area contributed by atoms with Gasteiger partial charge in [-0.25, -0.2) is 8.42 Å². The molecule has 0 radical (unpaired) electrons. The zero-order chi connectivity index (χ0) is 25.4. The molecular weight excluding hydrogens is 476 g/mol. The van der Waals surface area contributed by atoms with Gasteiger partial charge < -0.3 is 15.3 Å². The van der Waals surface area contributed by atoms with E-state index in [9.17, 15) is 23.1 Å². The highest BCUT2D eigenvalue weighted by atomic mass is 32.2. The van der Waals surface area contributed by atoms with Crippen molar-refractivity contribution < 1.29 is 23.1 Å². The van der Waals surface area contributed by atoms with Crippen molar-refractivity contribution >= 4 is 27.3 Å². The Morgan fingerprint density at radius 1 is 0.861 bits per heavy atom. The van der Waals surface area contributed by atoms with E-state index in [1.165, 1.54) is 35.2 Å². The molecule has 0 atom stereocenters. The number of carbonyl (C=O) groups is 2. The fraction of sp³-hybridized carbons (Fsp3) is 0.0714. The van der Waals surface area contributed by atoms with E-state index in [-0.39, 0.29) is 38.3 Å². The summed E-state index contributed by atoms with van der Waals surface area (Å²) in [6.45, 7) is 0.335. The lowest BCUT2D eigenvalue weighted by Crippen LogP contribution is -2.26. The smallest absolute Gasteiger partial charge is 0.257 e. The third-order valence-corrected chi connectivity index (χ3v) is 7.98. The SMILES string of the molecule is CN(Cc1ccc(-c2ccc(O)cc2)cc1)C(=O)c1ccc2c(c1)NC(=O)c1ccccc1S2(=O)=O. The van der Waals surface area contributed by atoms with Crippen LogP contribution in [0.2, 0.25) is 0 Å². The van der Waals surface area contributed by atoms with E-state index in [0.29, 0.717) is 6.54 Å². The molecule has 5 rings (SSSR count). The van der Waals surface area contributed by atoms with Gasteiger partial charge in [-0.3, -0.25) is 9.59 Å². The van der Waals surface area contributed by atoms with Gasteiger partial charge in [-0.2, -0.15) is 0 Å². The molecule has 0 saturated carbocycles. The van der Waals surface area contributed by atoms with Crippen LogP contribution in [0.1, 0.15) is 26.3 Å². The normalized spacial score (nSPS) is 13.6. The summed E-state index contributed by atoms with van der Waals surface area (Å²) < 4.78 is 26.3. The van der Waals surface area contributed by atoms with Crippen LogP contribution in [0.3, 0.4) is 0 Å². The van der Waals surface area contributed by atoms with Gasteiger partial charge in [0.25, 0.3) is 11.8 Å². The van der Waals surface area contributed by atoms with Gasteiger partial charge in [0.15, 0.2) is 0 Å². The molecule has 1 aliphatic heterocycles. The van der Waals surface area contributed by atoms with Gasteiger partial charge in [0.2, 0.25) is 9.84 Å². The lowest BCUT2D eigenvalue weighted by molar-refractivity contribution is 0.0784. The molecule has 2 N–H and O–H groups in total.